The maximum Gasteiger partial charge on any atom is 0.174 e. The van der Waals surface area contributed by atoms with Crippen LogP contribution in [0.5, 0.6) is 0 Å². The fraction of sp³-hybridized carbons (Fsp3) is 0.538. The lowest BCUT2D eigenvalue weighted by Gasteiger charge is -2.18. The summed E-state index contributed by atoms with van der Waals surface area (Å²) in [4.78, 5) is 0. The highest BCUT2D eigenvalue weighted by Crippen LogP contribution is 2.09. The van der Waals surface area contributed by atoms with Crippen molar-refractivity contribution in [1.82, 2.24) is 0 Å². The summed E-state index contributed by atoms with van der Waals surface area (Å²) >= 11 is 0. The van der Waals surface area contributed by atoms with Gasteiger partial charge in [-0.3, -0.25) is 0 Å². The Morgan fingerprint density at radius 2 is 1.62 bits per heavy atom. The summed E-state index contributed by atoms with van der Waals surface area (Å²) in [6.45, 7) is 8.02. The van der Waals surface area contributed by atoms with Crippen molar-refractivity contribution in [2.24, 2.45) is 0 Å². The van der Waals surface area contributed by atoms with E-state index in [4.69, 9.17) is 9.47 Å². The van der Waals surface area contributed by atoms with Crippen LogP contribution in [0.4, 0.5) is 5.69 Å². The molecule has 0 aromatic heterocycles. The van der Waals surface area contributed by atoms with Gasteiger partial charge in [0.2, 0.25) is 0 Å². The first-order valence-electron chi connectivity index (χ1n) is 5.80. The van der Waals surface area contributed by atoms with Crippen LogP contribution in [-0.4, -0.2) is 26.0 Å². The molecule has 0 fully saturated rings. The molecule has 3 heteroatoms. The van der Waals surface area contributed by atoms with Crippen molar-refractivity contribution in [2.75, 3.05) is 25.1 Å². The number of hydrogen-bond donors (Lipinski definition) is 1. The number of nitrogens with one attached hydrogen (secondary N) is 1. The van der Waals surface area contributed by atoms with Gasteiger partial charge >= 0.3 is 0 Å². The molecule has 0 aliphatic heterocycles. The third kappa shape index (κ3) is 4.64. The minimum absolute atomic E-state index is 0.170. The molecule has 1 N–H and O–H groups in total. The SMILES string of the molecule is CCOC(CNc1ccc(C)cc1)OCC. The molecule has 0 unspecified atom stereocenters. The molecule has 0 bridgehead atoms. The zero-order valence-electron chi connectivity index (χ0n) is 10.3. The molecule has 0 atom stereocenters. The molecule has 1 rings (SSSR count). The number of aryl methyl sites for hydroxylation is 1. The van der Waals surface area contributed by atoms with Crippen LogP contribution in [0.3, 0.4) is 0 Å². The van der Waals surface area contributed by atoms with E-state index < -0.39 is 0 Å². The average Bonchev–Trinajstić information content (AvgIpc) is 2.29. The number of rotatable bonds is 7. The molecule has 0 saturated carbocycles. The summed E-state index contributed by atoms with van der Waals surface area (Å²) in [7, 11) is 0. The van der Waals surface area contributed by atoms with Crippen molar-refractivity contribution in [1.29, 1.82) is 0 Å². The van der Waals surface area contributed by atoms with Crippen molar-refractivity contribution in [3.63, 3.8) is 0 Å². The van der Waals surface area contributed by atoms with Gasteiger partial charge in [-0.2, -0.15) is 0 Å². The van der Waals surface area contributed by atoms with Gasteiger partial charge in [-0.1, -0.05) is 17.7 Å². The van der Waals surface area contributed by atoms with Gasteiger partial charge < -0.3 is 14.8 Å². The Balaban J connectivity index is 2.38. The first-order chi connectivity index (χ1) is 7.76. The van der Waals surface area contributed by atoms with Gasteiger partial charge in [0.1, 0.15) is 0 Å². The molecule has 0 heterocycles. The normalized spacial score (nSPS) is 10.8. The molecule has 1 aromatic rings. The van der Waals surface area contributed by atoms with Gasteiger partial charge in [0, 0.05) is 18.9 Å². The van der Waals surface area contributed by atoms with Gasteiger partial charge in [0.25, 0.3) is 0 Å². The van der Waals surface area contributed by atoms with E-state index in [1.807, 2.05) is 13.8 Å². The van der Waals surface area contributed by atoms with Crippen molar-refractivity contribution < 1.29 is 9.47 Å². The van der Waals surface area contributed by atoms with E-state index >= 15 is 0 Å². The third-order valence-corrected chi connectivity index (χ3v) is 2.23. The van der Waals surface area contributed by atoms with E-state index in [9.17, 15) is 0 Å². The van der Waals surface area contributed by atoms with Crippen LogP contribution in [0.1, 0.15) is 19.4 Å². The second kappa shape index (κ2) is 7.25. The van der Waals surface area contributed by atoms with E-state index in [1.54, 1.807) is 0 Å². The molecule has 0 aliphatic carbocycles. The van der Waals surface area contributed by atoms with Gasteiger partial charge in [0.15, 0.2) is 6.29 Å². The van der Waals surface area contributed by atoms with Crippen LogP contribution in [0, 0.1) is 6.92 Å². The Hall–Kier alpha value is -1.06. The van der Waals surface area contributed by atoms with E-state index in [1.165, 1.54) is 5.56 Å². The minimum Gasteiger partial charge on any atom is -0.380 e. The molecule has 16 heavy (non-hydrogen) atoms. The lowest BCUT2D eigenvalue weighted by atomic mass is 10.2. The largest absolute Gasteiger partial charge is 0.380 e. The minimum atomic E-state index is -0.170. The average molecular weight is 223 g/mol. The number of ether oxygens (including phenoxy) is 2. The Kier molecular flexibility index (Phi) is 5.90. The summed E-state index contributed by atoms with van der Waals surface area (Å²) < 4.78 is 10.9. The van der Waals surface area contributed by atoms with E-state index in [-0.39, 0.29) is 6.29 Å². The van der Waals surface area contributed by atoms with Crippen LogP contribution in [0.2, 0.25) is 0 Å². The third-order valence-electron chi connectivity index (χ3n) is 2.23. The van der Waals surface area contributed by atoms with E-state index in [0.717, 1.165) is 5.69 Å². The molecular weight excluding hydrogens is 202 g/mol. The molecule has 0 aliphatic rings. The number of hydrogen-bond acceptors (Lipinski definition) is 3. The smallest absolute Gasteiger partial charge is 0.174 e. The summed E-state index contributed by atoms with van der Waals surface area (Å²) in [5, 5.41) is 3.29. The monoisotopic (exact) mass is 223 g/mol. The maximum atomic E-state index is 5.44. The van der Waals surface area contributed by atoms with Crippen molar-refractivity contribution >= 4 is 5.69 Å². The predicted molar refractivity (Wildman–Crippen MR) is 66.7 cm³/mol. The van der Waals surface area contributed by atoms with Crippen LogP contribution in [-0.2, 0) is 9.47 Å². The Bertz CT molecular complexity index is 278. The van der Waals surface area contributed by atoms with Gasteiger partial charge in [-0.05, 0) is 32.9 Å². The maximum absolute atomic E-state index is 5.44. The Morgan fingerprint density at radius 1 is 1.06 bits per heavy atom. The number of anilines is 1. The molecule has 3 nitrogen and oxygen atoms in total. The first-order valence-corrected chi connectivity index (χ1v) is 5.80. The summed E-state index contributed by atoms with van der Waals surface area (Å²) in [5.41, 5.74) is 2.35. The van der Waals surface area contributed by atoms with Gasteiger partial charge in [-0.25, -0.2) is 0 Å². The summed E-state index contributed by atoms with van der Waals surface area (Å²) in [6.07, 6.45) is -0.170. The van der Waals surface area contributed by atoms with Crippen LogP contribution >= 0.6 is 0 Å². The van der Waals surface area contributed by atoms with E-state index in [2.05, 4.69) is 36.5 Å². The summed E-state index contributed by atoms with van der Waals surface area (Å²) in [5.74, 6) is 0. The molecule has 0 spiro atoms. The van der Waals surface area contributed by atoms with Crippen LogP contribution < -0.4 is 5.32 Å². The quantitative estimate of drug-likeness (QED) is 0.721. The second-order valence-corrected chi connectivity index (χ2v) is 3.59. The fourth-order valence-electron chi connectivity index (χ4n) is 1.41. The molecule has 90 valence electrons. The first kappa shape index (κ1) is 13.0. The zero-order chi connectivity index (χ0) is 11.8. The topological polar surface area (TPSA) is 30.5 Å². The molecule has 0 saturated heterocycles. The zero-order valence-corrected chi connectivity index (χ0v) is 10.3. The lowest BCUT2D eigenvalue weighted by molar-refractivity contribution is -0.126. The Morgan fingerprint density at radius 3 is 2.12 bits per heavy atom. The highest BCUT2D eigenvalue weighted by atomic mass is 16.7. The lowest BCUT2D eigenvalue weighted by Crippen LogP contribution is -2.26. The van der Waals surface area contributed by atoms with Crippen LogP contribution in [0.25, 0.3) is 0 Å². The Labute approximate surface area is 97.8 Å². The van der Waals surface area contributed by atoms with Gasteiger partial charge in [0.05, 0.1) is 6.54 Å². The van der Waals surface area contributed by atoms with E-state index in [0.29, 0.717) is 19.8 Å². The molecule has 0 amide bonds. The highest BCUT2D eigenvalue weighted by molar-refractivity contribution is 5.44. The molecule has 1 aromatic carbocycles. The molecular formula is C13H21NO2. The fourth-order valence-corrected chi connectivity index (χ4v) is 1.41. The second-order valence-electron chi connectivity index (χ2n) is 3.59. The van der Waals surface area contributed by atoms with Gasteiger partial charge in [-0.15, -0.1) is 0 Å². The molecule has 0 radical (unpaired) electrons. The predicted octanol–water partition coefficient (Wildman–Crippen LogP) is 2.81. The van der Waals surface area contributed by atoms with Crippen molar-refractivity contribution in [3.05, 3.63) is 29.8 Å². The van der Waals surface area contributed by atoms with Crippen molar-refractivity contribution in [3.8, 4) is 0 Å². The summed E-state index contributed by atoms with van der Waals surface area (Å²) in [6, 6.07) is 8.28. The number of benzene rings is 1. The standard InChI is InChI=1S/C13H21NO2/c1-4-15-13(16-5-2)10-14-12-8-6-11(3)7-9-12/h6-9,13-14H,4-5,10H2,1-3H3. The van der Waals surface area contributed by atoms with Crippen molar-refractivity contribution in [2.45, 2.75) is 27.1 Å². The highest BCUT2D eigenvalue weighted by Gasteiger charge is 2.06. The van der Waals surface area contributed by atoms with Crippen LogP contribution in [0.15, 0.2) is 24.3 Å².